The molecule has 0 aromatic heterocycles. The fourth-order valence-electron chi connectivity index (χ4n) is 2.62. The molecular weight excluding hydrogens is 314 g/mol. The second-order valence-corrected chi connectivity index (χ2v) is 8.13. The standard InChI is InChI=1S/C16H25N3O3S/c1-18(2)23(21,22)15-8-5-7-14(13-15)16(20)17-9-6-12-19-10-3-4-11-19/h5,7-8,13H,3-4,6,9-12H2,1-2H3,(H,17,20). The van der Waals surface area contributed by atoms with Crippen LogP contribution < -0.4 is 5.32 Å². The number of rotatable bonds is 7. The first-order chi connectivity index (χ1) is 10.9. The molecular formula is C16H25N3O3S. The Morgan fingerprint density at radius 3 is 2.61 bits per heavy atom. The largest absolute Gasteiger partial charge is 0.352 e. The Morgan fingerprint density at radius 1 is 1.26 bits per heavy atom. The van der Waals surface area contributed by atoms with Crippen LogP contribution in [-0.2, 0) is 10.0 Å². The van der Waals surface area contributed by atoms with Gasteiger partial charge in [0.1, 0.15) is 0 Å². The van der Waals surface area contributed by atoms with E-state index in [-0.39, 0.29) is 10.8 Å². The highest BCUT2D eigenvalue weighted by molar-refractivity contribution is 7.89. The van der Waals surface area contributed by atoms with Crippen molar-refractivity contribution in [3.63, 3.8) is 0 Å². The van der Waals surface area contributed by atoms with E-state index in [0.29, 0.717) is 12.1 Å². The van der Waals surface area contributed by atoms with Crippen LogP contribution in [0.4, 0.5) is 0 Å². The molecule has 1 N–H and O–H groups in total. The van der Waals surface area contributed by atoms with E-state index in [1.165, 1.54) is 39.1 Å². The molecule has 0 aliphatic carbocycles. The molecule has 128 valence electrons. The summed E-state index contributed by atoms with van der Waals surface area (Å²) in [7, 11) is -0.577. The molecule has 1 aromatic rings. The fourth-order valence-corrected chi connectivity index (χ4v) is 3.57. The van der Waals surface area contributed by atoms with Crippen molar-refractivity contribution in [2.75, 3.05) is 40.3 Å². The van der Waals surface area contributed by atoms with Gasteiger partial charge in [-0.1, -0.05) is 6.07 Å². The monoisotopic (exact) mass is 339 g/mol. The lowest BCUT2D eigenvalue weighted by Crippen LogP contribution is -2.29. The molecule has 1 saturated heterocycles. The second kappa shape index (κ2) is 7.90. The first-order valence-electron chi connectivity index (χ1n) is 7.94. The molecule has 6 nitrogen and oxygen atoms in total. The van der Waals surface area contributed by atoms with Crippen LogP contribution in [0.15, 0.2) is 29.2 Å². The van der Waals surface area contributed by atoms with E-state index < -0.39 is 10.0 Å². The van der Waals surface area contributed by atoms with Crippen molar-refractivity contribution in [1.29, 1.82) is 0 Å². The highest BCUT2D eigenvalue weighted by Gasteiger charge is 2.18. The topological polar surface area (TPSA) is 69.7 Å². The quantitative estimate of drug-likeness (QED) is 0.757. The zero-order valence-electron chi connectivity index (χ0n) is 13.8. The van der Waals surface area contributed by atoms with Crippen LogP contribution in [0.5, 0.6) is 0 Å². The summed E-state index contributed by atoms with van der Waals surface area (Å²) >= 11 is 0. The van der Waals surface area contributed by atoms with Crippen molar-refractivity contribution in [1.82, 2.24) is 14.5 Å². The van der Waals surface area contributed by atoms with E-state index in [9.17, 15) is 13.2 Å². The maximum atomic E-state index is 12.2. The molecule has 1 heterocycles. The van der Waals surface area contributed by atoms with Gasteiger partial charge in [-0.2, -0.15) is 0 Å². The van der Waals surface area contributed by atoms with Crippen molar-refractivity contribution in [2.45, 2.75) is 24.2 Å². The van der Waals surface area contributed by atoms with Crippen molar-refractivity contribution in [3.05, 3.63) is 29.8 Å². The summed E-state index contributed by atoms with van der Waals surface area (Å²) in [6.45, 7) is 3.89. The van der Waals surface area contributed by atoms with Gasteiger partial charge in [-0.15, -0.1) is 0 Å². The number of nitrogens with zero attached hydrogens (tertiary/aromatic N) is 2. The summed E-state index contributed by atoms with van der Waals surface area (Å²) in [6.07, 6.45) is 3.43. The van der Waals surface area contributed by atoms with Gasteiger partial charge >= 0.3 is 0 Å². The average molecular weight is 339 g/mol. The van der Waals surface area contributed by atoms with Gasteiger partial charge in [0.25, 0.3) is 5.91 Å². The molecule has 0 bridgehead atoms. The molecule has 1 aliphatic rings. The smallest absolute Gasteiger partial charge is 0.251 e. The molecule has 0 spiro atoms. The lowest BCUT2D eigenvalue weighted by molar-refractivity contribution is 0.0952. The predicted octanol–water partition coefficient (Wildman–Crippen LogP) is 1.15. The van der Waals surface area contributed by atoms with Crippen LogP contribution in [0.1, 0.15) is 29.6 Å². The Bertz CT molecular complexity index is 638. The van der Waals surface area contributed by atoms with Crippen molar-refractivity contribution in [3.8, 4) is 0 Å². The molecule has 7 heteroatoms. The SMILES string of the molecule is CN(C)S(=O)(=O)c1cccc(C(=O)NCCCN2CCCC2)c1. The summed E-state index contributed by atoms with van der Waals surface area (Å²) in [4.78, 5) is 14.7. The number of amides is 1. The van der Waals surface area contributed by atoms with Crippen molar-refractivity contribution < 1.29 is 13.2 Å². The Labute approximate surface area is 138 Å². The van der Waals surface area contributed by atoms with Gasteiger partial charge in [-0.25, -0.2) is 12.7 Å². The van der Waals surface area contributed by atoms with Crippen LogP contribution in [0.2, 0.25) is 0 Å². The van der Waals surface area contributed by atoms with E-state index in [1.807, 2.05) is 0 Å². The number of nitrogens with one attached hydrogen (secondary N) is 1. The lowest BCUT2D eigenvalue weighted by atomic mass is 10.2. The minimum atomic E-state index is -3.52. The summed E-state index contributed by atoms with van der Waals surface area (Å²) in [5.41, 5.74) is 0.370. The number of carbonyl (C=O) groups is 1. The molecule has 1 aromatic carbocycles. The van der Waals surface area contributed by atoms with E-state index in [0.717, 1.165) is 30.4 Å². The molecule has 1 amide bonds. The van der Waals surface area contributed by atoms with E-state index in [1.54, 1.807) is 12.1 Å². The number of likely N-dealkylation sites (tertiary alicyclic amines) is 1. The Hall–Kier alpha value is -1.44. The lowest BCUT2D eigenvalue weighted by Gasteiger charge is -2.14. The number of hydrogen-bond donors (Lipinski definition) is 1. The molecule has 0 unspecified atom stereocenters. The van der Waals surface area contributed by atoms with Gasteiger partial charge < -0.3 is 10.2 Å². The van der Waals surface area contributed by atoms with Crippen molar-refractivity contribution in [2.24, 2.45) is 0 Å². The number of benzene rings is 1. The van der Waals surface area contributed by atoms with Crippen molar-refractivity contribution >= 4 is 15.9 Å². The predicted molar refractivity (Wildman–Crippen MR) is 89.9 cm³/mol. The van der Waals surface area contributed by atoms with E-state index in [4.69, 9.17) is 0 Å². The van der Waals surface area contributed by atoms with Crippen LogP contribution >= 0.6 is 0 Å². The molecule has 0 saturated carbocycles. The fraction of sp³-hybridized carbons (Fsp3) is 0.562. The highest BCUT2D eigenvalue weighted by Crippen LogP contribution is 2.15. The van der Waals surface area contributed by atoms with Gasteiger partial charge in [0.2, 0.25) is 10.0 Å². The maximum Gasteiger partial charge on any atom is 0.251 e. The summed E-state index contributed by atoms with van der Waals surface area (Å²) in [5.74, 6) is -0.234. The molecule has 1 fully saturated rings. The highest BCUT2D eigenvalue weighted by atomic mass is 32.2. The zero-order valence-corrected chi connectivity index (χ0v) is 14.6. The third kappa shape index (κ3) is 4.76. The minimum absolute atomic E-state index is 0.132. The van der Waals surface area contributed by atoms with Crippen LogP contribution in [0.25, 0.3) is 0 Å². The average Bonchev–Trinajstić information content (AvgIpc) is 3.04. The first-order valence-corrected chi connectivity index (χ1v) is 9.38. The van der Waals surface area contributed by atoms with Gasteiger partial charge in [0, 0.05) is 26.2 Å². The Morgan fingerprint density at radius 2 is 1.96 bits per heavy atom. The molecule has 0 atom stereocenters. The van der Waals surface area contributed by atoms with Crippen LogP contribution in [0.3, 0.4) is 0 Å². The van der Waals surface area contributed by atoms with Crippen LogP contribution in [0, 0.1) is 0 Å². The van der Waals surface area contributed by atoms with Gasteiger partial charge in [-0.05, 0) is 57.1 Å². The van der Waals surface area contributed by atoms with Crippen LogP contribution in [-0.4, -0.2) is 63.8 Å². The zero-order chi connectivity index (χ0) is 16.9. The molecule has 23 heavy (non-hydrogen) atoms. The Balaban J connectivity index is 1.89. The van der Waals surface area contributed by atoms with Gasteiger partial charge in [0.15, 0.2) is 0 Å². The first kappa shape index (κ1) is 17.9. The van der Waals surface area contributed by atoms with E-state index >= 15 is 0 Å². The van der Waals surface area contributed by atoms with Gasteiger partial charge in [0.05, 0.1) is 4.90 Å². The minimum Gasteiger partial charge on any atom is -0.352 e. The summed E-state index contributed by atoms with van der Waals surface area (Å²) < 4.78 is 25.3. The summed E-state index contributed by atoms with van der Waals surface area (Å²) in [5, 5.41) is 2.86. The van der Waals surface area contributed by atoms with E-state index in [2.05, 4.69) is 10.2 Å². The number of hydrogen-bond acceptors (Lipinski definition) is 4. The van der Waals surface area contributed by atoms with Gasteiger partial charge in [-0.3, -0.25) is 4.79 Å². The second-order valence-electron chi connectivity index (χ2n) is 5.97. The third-order valence-corrected chi connectivity index (χ3v) is 5.82. The summed E-state index contributed by atoms with van der Waals surface area (Å²) in [6, 6.07) is 6.14. The Kier molecular flexibility index (Phi) is 6.15. The third-order valence-electron chi connectivity index (χ3n) is 4.01. The number of carbonyl (C=O) groups excluding carboxylic acids is 1. The normalized spacial score (nSPS) is 16.0. The molecule has 1 aliphatic heterocycles. The molecule has 0 radical (unpaired) electrons. The number of sulfonamides is 1. The molecule has 2 rings (SSSR count). The maximum absolute atomic E-state index is 12.2.